The molecule has 4 atom stereocenters. The van der Waals surface area contributed by atoms with E-state index in [2.05, 4.69) is 22.0 Å². The van der Waals surface area contributed by atoms with Crippen LogP contribution in [0.4, 0.5) is 0 Å². The maximum absolute atomic E-state index is 4.04. The van der Waals surface area contributed by atoms with E-state index >= 15 is 0 Å². The average Bonchev–Trinajstić information content (AvgIpc) is 3.09. The highest BCUT2D eigenvalue weighted by molar-refractivity contribution is 5.00. The summed E-state index contributed by atoms with van der Waals surface area (Å²) in [6, 6.07) is 4.17. The van der Waals surface area contributed by atoms with E-state index < -0.39 is 0 Å². The Morgan fingerprint density at radius 1 is 1.00 bits per heavy atom. The van der Waals surface area contributed by atoms with Gasteiger partial charge in [-0.2, -0.15) is 0 Å². The van der Waals surface area contributed by atoms with Crippen LogP contribution < -0.4 is 5.32 Å². The number of nitrogens with zero attached hydrogens (tertiary/aromatic N) is 2. The molecule has 108 valence electrons. The summed E-state index contributed by atoms with van der Waals surface area (Å²) in [4.78, 5) is 5.52. The van der Waals surface area contributed by atoms with E-state index in [1.807, 2.05) is 0 Å². The highest BCUT2D eigenvalue weighted by Crippen LogP contribution is 2.34. The van der Waals surface area contributed by atoms with Crippen molar-refractivity contribution in [2.75, 3.05) is 19.6 Å². The van der Waals surface area contributed by atoms with Crippen molar-refractivity contribution in [1.82, 2.24) is 15.1 Å². The van der Waals surface area contributed by atoms with Crippen LogP contribution in [0.15, 0.2) is 0 Å². The van der Waals surface area contributed by atoms with E-state index in [1.165, 1.54) is 64.6 Å². The third kappa shape index (κ3) is 2.45. The SMILES string of the molecule is CC1CC(NC2CCN3CCCCC23)CN1C1CC1. The van der Waals surface area contributed by atoms with E-state index in [4.69, 9.17) is 0 Å². The van der Waals surface area contributed by atoms with Crippen LogP contribution in [0.25, 0.3) is 0 Å². The number of nitrogens with one attached hydrogen (secondary N) is 1. The minimum atomic E-state index is 0.766. The molecule has 4 fully saturated rings. The lowest BCUT2D eigenvalue weighted by Gasteiger charge is -2.33. The van der Waals surface area contributed by atoms with Crippen molar-refractivity contribution in [3.8, 4) is 0 Å². The summed E-state index contributed by atoms with van der Waals surface area (Å²) >= 11 is 0. The van der Waals surface area contributed by atoms with Crippen molar-refractivity contribution in [2.45, 2.75) is 82.1 Å². The fourth-order valence-corrected chi connectivity index (χ4v) is 4.84. The lowest BCUT2D eigenvalue weighted by atomic mass is 9.98. The normalized spacial score (nSPS) is 44.7. The van der Waals surface area contributed by atoms with Gasteiger partial charge in [-0.25, -0.2) is 0 Å². The minimum Gasteiger partial charge on any atom is -0.308 e. The van der Waals surface area contributed by atoms with Gasteiger partial charge in [0.1, 0.15) is 0 Å². The Morgan fingerprint density at radius 3 is 2.74 bits per heavy atom. The number of hydrogen-bond acceptors (Lipinski definition) is 3. The van der Waals surface area contributed by atoms with Gasteiger partial charge < -0.3 is 5.32 Å². The van der Waals surface area contributed by atoms with Crippen molar-refractivity contribution >= 4 is 0 Å². The van der Waals surface area contributed by atoms with Gasteiger partial charge in [0.05, 0.1) is 0 Å². The van der Waals surface area contributed by atoms with Gasteiger partial charge in [-0.15, -0.1) is 0 Å². The number of likely N-dealkylation sites (tertiary alicyclic amines) is 1. The lowest BCUT2D eigenvalue weighted by Crippen LogP contribution is -2.48. The van der Waals surface area contributed by atoms with Crippen molar-refractivity contribution < 1.29 is 0 Å². The molecule has 4 aliphatic rings. The zero-order valence-corrected chi connectivity index (χ0v) is 12.4. The first kappa shape index (κ1) is 12.6. The molecule has 0 spiro atoms. The maximum Gasteiger partial charge on any atom is 0.0249 e. The molecule has 0 amide bonds. The van der Waals surface area contributed by atoms with Gasteiger partial charge in [0.25, 0.3) is 0 Å². The van der Waals surface area contributed by atoms with Gasteiger partial charge in [-0.1, -0.05) is 6.42 Å². The van der Waals surface area contributed by atoms with Crippen LogP contribution in [0.5, 0.6) is 0 Å². The first-order valence-corrected chi connectivity index (χ1v) is 8.57. The molecular weight excluding hydrogens is 234 g/mol. The van der Waals surface area contributed by atoms with E-state index in [-0.39, 0.29) is 0 Å². The largest absolute Gasteiger partial charge is 0.308 e. The molecule has 4 unspecified atom stereocenters. The van der Waals surface area contributed by atoms with Gasteiger partial charge in [0.2, 0.25) is 0 Å². The molecule has 1 saturated carbocycles. The first-order chi connectivity index (χ1) is 9.31. The third-order valence-electron chi connectivity index (χ3n) is 5.94. The Labute approximate surface area is 117 Å². The molecule has 19 heavy (non-hydrogen) atoms. The summed E-state index contributed by atoms with van der Waals surface area (Å²) < 4.78 is 0. The quantitative estimate of drug-likeness (QED) is 0.838. The van der Waals surface area contributed by atoms with Gasteiger partial charge in [-0.05, 0) is 52.0 Å². The van der Waals surface area contributed by atoms with Crippen molar-refractivity contribution in [3.63, 3.8) is 0 Å². The van der Waals surface area contributed by atoms with E-state index in [0.29, 0.717) is 0 Å². The van der Waals surface area contributed by atoms with Gasteiger partial charge in [-0.3, -0.25) is 9.80 Å². The molecule has 3 saturated heterocycles. The lowest BCUT2D eigenvalue weighted by molar-refractivity contribution is 0.176. The molecule has 3 nitrogen and oxygen atoms in total. The molecule has 0 bridgehead atoms. The number of piperidine rings is 1. The molecule has 3 heteroatoms. The highest BCUT2D eigenvalue weighted by Gasteiger charge is 2.41. The fraction of sp³-hybridized carbons (Fsp3) is 1.00. The summed E-state index contributed by atoms with van der Waals surface area (Å²) in [5.74, 6) is 0. The van der Waals surface area contributed by atoms with Gasteiger partial charge >= 0.3 is 0 Å². The Kier molecular flexibility index (Phi) is 3.33. The smallest absolute Gasteiger partial charge is 0.0249 e. The Balaban J connectivity index is 1.34. The first-order valence-electron chi connectivity index (χ1n) is 8.57. The van der Waals surface area contributed by atoms with Crippen LogP contribution in [-0.2, 0) is 0 Å². The summed E-state index contributed by atoms with van der Waals surface area (Å²) in [7, 11) is 0. The van der Waals surface area contributed by atoms with E-state index in [1.54, 1.807) is 0 Å². The molecule has 3 heterocycles. The predicted molar refractivity (Wildman–Crippen MR) is 78.3 cm³/mol. The van der Waals surface area contributed by atoms with Gasteiger partial charge in [0.15, 0.2) is 0 Å². The summed E-state index contributed by atoms with van der Waals surface area (Å²) in [5.41, 5.74) is 0. The number of hydrogen-bond donors (Lipinski definition) is 1. The van der Waals surface area contributed by atoms with Crippen molar-refractivity contribution in [1.29, 1.82) is 0 Å². The monoisotopic (exact) mass is 263 g/mol. The minimum absolute atomic E-state index is 0.766. The second-order valence-electron chi connectivity index (χ2n) is 7.37. The van der Waals surface area contributed by atoms with Crippen LogP contribution in [0, 0.1) is 0 Å². The van der Waals surface area contributed by atoms with E-state index in [0.717, 1.165) is 30.2 Å². The predicted octanol–water partition coefficient (Wildman–Crippen LogP) is 1.83. The molecular formula is C16H29N3. The molecule has 4 rings (SSSR count). The van der Waals surface area contributed by atoms with Crippen LogP contribution in [0.3, 0.4) is 0 Å². The fourth-order valence-electron chi connectivity index (χ4n) is 4.84. The van der Waals surface area contributed by atoms with E-state index in [9.17, 15) is 0 Å². The topological polar surface area (TPSA) is 18.5 Å². The second-order valence-corrected chi connectivity index (χ2v) is 7.37. The number of rotatable bonds is 3. The molecule has 0 radical (unpaired) electrons. The molecule has 1 N–H and O–H groups in total. The Bertz CT molecular complexity index is 328. The van der Waals surface area contributed by atoms with Crippen molar-refractivity contribution in [3.05, 3.63) is 0 Å². The molecule has 3 aliphatic heterocycles. The zero-order valence-electron chi connectivity index (χ0n) is 12.4. The van der Waals surface area contributed by atoms with Crippen LogP contribution in [0.2, 0.25) is 0 Å². The van der Waals surface area contributed by atoms with Crippen LogP contribution in [-0.4, -0.2) is 59.6 Å². The summed E-state index contributed by atoms with van der Waals surface area (Å²) in [5, 5.41) is 4.04. The molecule has 0 aromatic carbocycles. The average molecular weight is 263 g/mol. The number of fused-ring (bicyclic) bond motifs is 1. The van der Waals surface area contributed by atoms with Crippen LogP contribution >= 0.6 is 0 Å². The third-order valence-corrected chi connectivity index (χ3v) is 5.94. The zero-order chi connectivity index (χ0) is 12.8. The molecule has 0 aromatic rings. The maximum atomic E-state index is 4.04. The molecule has 1 aliphatic carbocycles. The van der Waals surface area contributed by atoms with Crippen LogP contribution in [0.1, 0.15) is 51.9 Å². The van der Waals surface area contributed by atoms with Crippen molar-refractivity contribution in [2.24, 2.45) is 0 Å². The highest BCUT2D eigenvalue weighted by atomic mass is 15.3. The summed E-state index contributed by atoms with van der Waals surface area (Å²) in [6.45, 7) is 6.45. The second kappa shape index (κ2) is 5.01. The molecule has 0 aromatic heterocycles. The Hall–Kier alpha value is -0.120. The van der Waals surface area contributed by atoms with Gasteiger partial charge in [0, 0.05) is 43.3 Å². The Morgan fingerprint density at radius 2 is 1.89 bits per heavy atom. The summed E-state index contributed by atoms with van der Waals surface area (Å²) in [6.07, 6.45) is 9.99. The standard InChI is InChI=1S/C16H29N3/c1-12-10-13(11-19(12)14-5-6-14)17-15-7-9-18-8-3-2-4-16(15)18/h12-17H,2-11H2,1H3.